The maximum absolute atomic E-state index is 4.36. The van der Waals surface area contributed by atoms with E-state index >= 15 is 0 Å². The van der Waals surface area contributed by atoms with Crippen LogP contribution in [0.25, 0.3) is 5.57 Å². The molecular weight excluding hydrogens is 178 g/mol. The number of aromatic nitrogens is 1. The lowest BCUT2D eigenvalue weighted by Gasteiger charge is -1.96. The molecule has 1 heterocycles. The largest absolute Gasteiger partial charge is 0.246 e. The molecule has 13 heavy (non-hydrogen) atoms. The highest BCUT2D eigenvalue weighted by Crippen LogP contribution is 2.26. The molecule has 1 rings (SSSR count). The van der Waals surface area contributed by atoms with Crippen molar-refractivity contribution in [1.82, 2.24) is 4.98 Å². The third kappa shape index (κ3) is 2.16. The summed E-state index contributed by atoms with van der Waals surface area (Å²) in [6.45, 7) is 11.5. The molecule has 0 N–H and O–H groups in total. The molecule has 0 fully saturated rings. The third-order valence-corrected chi connectivity index (χ3v) is 2.80. The zero-order valence-corrected chi connectivity index (χ0v) is 8.82. The van der Waals surface area contributed by atoms with Gasteiger partial charge in [0.05, 0.1) is 15.6 Å². The summed E-state index contributed by atoms with van der Waals surface area (Å²) in [5.41, 5.74) is 2.16. The van der Waals surface area contributed by atoms with Crippen molar-refractivity contribution in [2.24, 2.45) is 0 Å². The van der Waals surface area contributed by atoms with Crippen LogP contribution in [-0.2, 0) is 0 Å². The van der Waals surface area contributed by atoms with E-state index in [-0.39, 0.29) is 0 Å². The first-order valence-electron chi connectivity index (χ1n) is 4.08. The summed E-state index contributed by atoms with van der Waals surface area (Å²) >= 11 is 1.69. The molecule has 0 aliphatic rings. The molecule has 1 aromatic heterocycles. The molecule has 0 amide bonds. The molecule has 0 saturated carbocycles. The van der Waals surface area contributed by atoms with Gasteiger partial charge in [-0.1, -0.05) is 31.4 Å². The maximum Gasteiger partial charge on any atom is 0.0903 e. The molecule has 0 aliphatic carbocycles. The standard InChI is InChI=1S/C11H13NS/c1-5-7-10(6-2)11-8(3)12-9(4)13-11/h5-7H,1-2H2,3-4H3/b10-7+. The Morgan fingerprint density at radius 2 is 2.08 bits per heavy atom. The van der Waals surface area contributed by atoms with E-state index < -0.39 is 0 Å². The van der Waals surface area contributed by atoms with Crippen molar-refractivity contribution in [3.63, 3.8) is 0 Å². The Morgan fingerprint density at radius 3 is 2.46 bits per heavy atom. The number of thiazole rings is 1. The molecule has 0 spiro atoms. The summed E-state index contributed by atoms with van der Waals surface area (Å²) < 4.78 is 0. The highest BCUT2D eigenvalue weighted by Gasteiger charge is 2.06. The topological polar surface area (TPSA) is 12.9 Å². The van der Waals surface area contributed by atoms with Crippen LogP contribution in [0.4, 0.5) is 0 Å². The fourth-order valence-electron chi connectivity index (χ4n) is 1.16. The molecule has 2 heteroatoms. The van der Waals surface area contributed by atoms with Crippen LogP contribution in [-0.4, -0.2) is 4.98 Å². The Morgan fingerprint density at radius 1 is 1.38 bits per heavy atom. The molecule has 68 valence electrons. The van der Waals surface area contributed by atoms with Crippen LogP contribution in [0.2, 0.25) is 0 Å². The van der Waals surface area contributed by atoms with Crippen LogP contribution in [0.5, 0.6) is 0 Å². The molecule has 0 atom stereocenters. The monoisotopic (exact) mass is 191 g/mol. The minimum absolute atomic E-state index is 1.07. The van der Waals surface area contributed by atoms with Crippen molar-refractivity contribution in [3.8, 4) is 0 Å². The van der Waals surface area contributed by atoms with Crippen molar-refractivity contribution >= 4 is 16.9 Å². The Kier molecular flexibility index (Phi) is 3.20. The zero-order valence-electron chi connectivity index (χ0n) is 8.00. The minimum atomic E-state index is 1.07. The second-order valence-electron chi connectivity index (χ2n) is 2.71. The number of nitrogens with zero attached hydrogens (tertiary/aromatic N) is 1. The first-order valence-corrected chi connectivity index (χ1v) is 4.90. The lowest BCUT2D eigenvalue weighted by Crippen LogP contribution is -1.79. The van der Waals surface area contributed by atoms with Crippen molar-refractivity contribution < 1.29 is 0 Å². The van der Waals surface area contributed by atoms with Crippen LogP contribution >= 0.6 is 11.3 Å². The summed E-state index contributed by atoms with van der Waals surface area (Å²) in [5, 5.41) is 1.09. The highest BCUT2D eigenvalue weighted by molar-refractivity contribution is 7.12. The number of hydrogen-bond donors (Lipinski definition) is 0. The van der Waals surface area contributed by atoms with Crippen LogP contribution in [0.15, 0.2) is 31.4 Å². The van der Waals surface area contributed by atoms with Crippen molar-refractivity contribution in [1.29, 1.82) is 0 Å². The van der Waals surface area contributed by atoms with Gasteiger partial charge in [0.2, 0.25) is 0 Å². The first kappa shape index (κ1) is 9.93. The Bertz CT molecular complexity index is 358. The van der Waals surface area contributed by atoms with Gasteiger partial charge in [0.25, 0.3) is 0 Å². The number of allylic oxidation sites excluding steroid dienone is 4. The molecule has 1 nitrogen and oxygen atoms in total. The summed E-state index contributed by atoms with van der Waals surface area (Å²) in [5.74, 6) is 0. The van der Waals surface area contributed by atoms with E-state index in [4.69, 9.17) is 0 Å². The van der Waals surface area contributed by atoms with E-state index in [9.17, 15) is 0 Å². The zero-order chi connectivity index (χ0) is 9.84. The quantitative estimate of drug-likeness (QED) is 0.666. The molecule has 0 bridgehead atoms. The lowest BCUT2D eigenvalue weighted by molar-refractivity contribution is 1.19. The number of hydrogen-bond acceptors (Lipinski definition) is 2. The van der Waals surface area contributed by atoms with Gasteiger partial charge in [-0.05, 0) is 19.4 Å². The predicted octanol–water partition coefficient (Wildman–Crippen LogP) is 3.52. The van der Waals surface area contributed by atoms with Gasteiger partial charge >= 0.3 is 0 Å². The molecular formula is C11H13NS. The molecule has 0 aliphatic heterocycles. The lowest BCUT2D eigenvalue weighted by atomic mass is 10.2. The van der Waals surface area contributed by atoms with Gasteiger partial charge in [0, 0.05) is 0 Å². The van der Waals surface area contributed by atoms with Gasteiger partial charge in [0.15, 0.2) is 0 Å². The van der Waals surface area contributed by atoms with E-state index in [1.165, 1.54) is 4.88 Å². The van der Waals surface area contributed by atoms with E-state index in [0.29, 0.717) is 0 Å². The first-order chi connectivity index (χ1) is 6.19. The molecule has 0 aromatic carbocycles. The van der Waals surface area contributed by atoms with E-state index in [1.54, 1.807) is 17.4 Å². The van der Waals surface area contributed by atoms with Gasteiger partial charge in [-0.25, -0.2) is 4.98 Å². The van der Waals surface area contributed by atoms with E-state index in [2.05, 4.69) is 18.1 Å². The van der Waals surface area contributed by atoms with Crippen molar-refractivity contribution in [2.45, 2.75) is 13.8 Å². The smallest absolute Gasteiger partial charge is 0.0903 e. The normalized spacial score (nSPS) is 11.4. The summed E-state index contributed by atoms with van der Waals surface area (Å²) in [6.07, 6.45) is 5.56. The fraction of sp³-hybridized carbons (Fsp3) is 0.182. The fourth-order valence-corrected chi connectivity index (χ4v) is 2.10. The van der Waals surface area contributed by atoms with Crippen molar-refractivity contribution in [3.05, 3.63) is 47.0 Å². The molecule has 0 radical (unpaired) electrons. The Balaban J connectivity index is 3.18. The Hall–Kier alpha value is -1.15. The number of aryl methyl sites for hydroxylation is 2. The maximum atomic E-state index is 4.36. The predicted molar refractivity (Wildman–Crippen MR) is 60.0 cm³/mol. The highest BCUT2D eigenvalue weighted by atomic mass is 32.1. The SMILES string of the molecule is C=C/C=C(\C=C)c1sc(C)nc1C. The molecule has 0 unspecified atom stereocenters. The van der Waals surface area contributed by atoms with Crippen LogP contribution < -0.4 is 0 Å². The average Bonchev–Trinajstić information content (AvgIpc) is 2.41. The van der Waals surface area contributed by atoms with Gasteiger partial charge in [-0.2, -0.15) is 0 Å². The van der Waals surface area contributed by atoms with E-state index in [0.717, 1.165) is 16.3 Å². The van der Waals surface area contributed by atoms with Crippen molar-refractivity contribution in [2.75, 3.05) is 0 Å². The third-order valence-electron chi connectivity index (χ3n) is 1.68. The summed E-state index contributed by atoms with van der Waals surface area (Å²) in [7, 11) is 0. The van der Waals surface area contributed by atoms with Crippen LogP contribution in [0.3, 0.4) is 0 Å². The summed E-state index contributed by atoms with van der Waals surface area (Å²) in [4.78, 5) is 5.55. The van der Waals surface area contributed by atoms with Gasteiger partial charge in [0.1, 0.15) is 0 Å². The van der Waals surface area contributed by atoms with Crippen LogP contribution in [0.1, 0.15) is 15.6 Å². The second kappa shape index (κ2) is 4.19. The second-order valence-corrected chi connectivity index (χ2v) is 3.91. The molecule has 0 saturated heterocycles. The number of rotatable bonds is 3. The Labute approximate surface area is 83.1 Å². The minimum Gasteiger partial charge on any atom is -0.246 e. The molecule has 1 aromatic rings. The van der Waals surface area contributed by atoms with Gasteiger partial charge in [-0.15, -0.1) is 11.3 Å². The average molecular weight is 191 g/mol. The van der Waals surface area contributed by atoms with E-state index in [1.807, 2.05) is 26.0 Å². The van der Waals surface area contributed by atoms with Gasteiger partial charge in [-0.3, -0.25) is 0 Å². The van der Waals surface area contributed by atoms with Gasteiger partial charge < -0.3 is 0 Å². The van der Waals surface area contributed by atoms with Crippen LogP contribution in [0, 0.1) is 13.8 Å². The summed E-state index contributed by atoms with van der Waals surface area (Å²) in [6, 6.07) is 0.